The van der Waals surface area contributed by atoms with E-state index < -0.39 is 0 Å². The van der Waals surface area contributed by atoms with Gasteiger partial charge in [-0.05, 0) is 69.8 Å². The van der Waals surface area contributed by atoms with Crippen LogP contribution >= 0.6 is 0 Å². The molecule has 4 rings (SSSR count). The van der Waals surface area contributed by atoms with E-state index in [9.17, 15) is 9.59 Å². The van der Waals surface area contributed by atoms with Crippen molar-refractivity contribution in [2.24, 2.45) is 5.92 Å². The molecule has 0 aliphatic carbocycles. The van der Waals surface area contributed by atoms with Crippen LogP contribution in [0.2, 0.25) is 0 Å². The van der Waals surface area contributed by atoms with Crippen molar-refractivity contribution in [3.05, 3.63) is 66.3 Å². The number of likely N-dealkylation sites (tertiary alicyclic amines) is 2. The Labute approximate surface area is 227 Å². The molecule has 1 aromatic heterocycles. The smallest absolute Gasteiger partial charge is 0.246 e. The number of piperidine rings is 2. The summed E-state index contributed by atoms with van der Waals surface area (Å²) in [5.74, 6) is 0.470. The molecular weight excluding hydrogens is 478 g/mol. The standard InChI is InChI=1S/C30H43N5O3/c1-5-6-7-28-24(3)34(18-19-38-4)22-29(36)35(28)27-11-16-32(17-12-27)30(37)26-10-15-33(23(2)20-26)21-25-8-13-31-14-9-25/h5-9,13-14,23,26-27H,1,10-12,15-22H2,2-4H3/b7-6-. The van der Waals surface area contributed by atoms with Crippen LogP contribution in [-0.2, 0) is 20.9 Å². The van der Waals surface area contributed by atoms with Crippen LogP contribution in [0.3, 0.4) is 0 Å². The van der Waals surface area contributed by atoms with Crippen molar-refractivity contribution in [3.63, 3.8) is 0 Å². The van der Waals surface area contributed by atoms with Crippen molar-refractivity contribution >= 4 is 11.8 Å². The van der Waals surface area contributed by atoms with E-state index in [1.807, 2.05) is 34.3 Å². The van der Waals surface area contributed by atoms with E-state index in [2.05, 4.69) is 47.3 Å². The predicted octanol–water partition coefficient (Wildman–Crippen LogP) is 3.44. The zero-order valence-electron chi connectivity index (χ0n) is 23.2. The van der Waals surface area contributed by atoms with Gasteiger partial charge in [-0.25, -0.2) is 0 Å². The number of rotatable bonds is 9. The van der Waals surface area contributed by atoms with Gasteiger partial charge in [0.2, 0.25) is 11.8 Å². The van der Waals surface area contributed by atoms with Gasteiger partial charge >= 0.3 is 0 Å². The average Bonchev–Trinajstić information content (AvgIpc) is 2.94. The van der Waals surface area contributed by atoms with E-state index in [4.69, 9.17) is 4.74 Å². The molecule has 2 atom stereocenters. The first kappa shape index (κ1) is 28.0. The molecule has 0 radical (unpaired) electrons. The SMILES string of the molecule is C=C/C=C\C1=C(C)N(CCOC)CC(=O)N1C1CCN(C(=O)C2CCN(Cc3ccncc3)C(C)C2)CC1. The maximum Gasteiger partial charge on any atom is 0.246 e. The number of pyridine rings is 1. The van der Waals surface area contributed by atoms with Gasteiger partial charge in [-0.3, -0.25) is 19.5 Å². The second kappa shape index (κ2) is 13.2. The Balaban J connectivity index is 1.35. The van der Waals surface area contributed by atoms with Crippen molar-refractivity contribution in [2.45, 2.75) is 58.2 Å². The maximum atomic E-state index is 13.5. The van der Waals surface area contributed by atoms with Crippen LogP contribution in [-0.4, -0.2) is 94.9 Å². The van der Waals surface area contributed by atoms with Crippen molar-refractivity contribution in [3.8, 4) is 0 Å². The molecule has 206 valence electrons. The van der Waals surface area contributed by atoms with Crippen LogP contribution in [0.4, 0.5) is 0 Å². The molecular formula is C30H43N5O3. The largest absolute Gasteiger partial charge is 0.383 e. The van der Waals surface area contributed by atoms with Gasteiger partial charge in [0.1, 0.15) is 0 Å². The summed E-state index contributed by atoms with van der Waals surface area (Å²) in [4.78, 5) is 39.5. The van der Waals surface area contributed by atoms with Gasteiger partial charge in [0.25, 0.3) is 0 Å². The lowest BCUT2D eigenvalue weighted by molar-refractivity contribution is -0.140. The Bertz CT molecular complexity index is 1030. The molecule has 2 saturated heterocycles. The highest BCUT2D eigenvalue weighted by atomic mass is 16.5. The summed E-state index contributed by atoms with van der Waals surface area (Å²) >= 11 is 0. The first-order chi connectivity index (χ1) is 18.4. The number of methoxy groups -OCH3 is 1. The Morgan fingerprint density at radius 2 is 1.92 bits per heavy atom. The number of aromatic nitrogens is 1. The number of hydrogen-bond donors (Lipinski definition) is 0. The highest BCUT2D eigenvalue weighted by Crippen LogP contribution is 2.31. The Morgan fingerprint density at radius 1 is 1.18 bits per heavy atom. The molecule has 0 saturated carbocycles. The summed E-state index contributed by atoms with van der Waals surface area (Å²) in [6.45, 7) is 12.9. The van der Waals surface area contributed by atoms with Crippen molar-refractivity contribution in [2.75, 3.05) is 46.4 Å². The second-order valence-corrected chi connectivity index (χ2v) is 10.7. The lowest BCUT2D eigenvalue weighted by Crippen LogP contribution is -2.54. The number of allylic oxidation sites excluding steroid dienone is 4. The summed E-state index contributed by atoms with van der Waals surface area (Å²) in [5.41, 5.74) is 3.27. The van der Waals surface area contributed by atoms with Gasteiger partial charge in [0, 0.05) is 69.4 Å². The molecule has 3 aliphatic rings. The Morgan fingerprint density at radius 3 is 2.58 bits per heavy atom. The monoisotopic (exact) mass is 521 g/mol. The van der Waals surface area contributed by atoms with Gasteiger partial charge in [-0.2, -0.15) is 0 Å². The quantitative estimate of drug-likeness (QED) is 0.464. The van der Waals surface area contributed by atoms with Crippen LogP contribution in [0, 0.1) is 5.92 Å². The molecule has 4 heterocycles. The van der Waals surface area contributed by atoms with E-state index in [0.717, 1.165) is 50.2 Å². The van der Waals surface area contributed by atoms with Gasteiger partial charge < -0.3 is 19.4 Å². The molecule has 3 aliphatic heterocycles. The molecule has 2 unspecified atom stereocenters. The zero-order valence-corrected chi connectivity index (χ0v) is 23.2. The van der Waals surface area contributed by atoms with Crippen LogP contribution in [0.25, 0.3) is 0 Å². The molecule has 38 heavy (non-hydrogen) atoms. The fourth-order valence-corrected chi connectivity index (χ4v) is 6.04. The van der Waals surface area contributed by atoms with Gasteiger partial charge in [-0.15, -0.1) is 0 Å². The van der Waals surface area contributed by atoms with E-state index in [1.165, 1.54) is 5.56 Å². The lowest BCUT2D eigenvalue weighted by Gasteiger charge is -2.45. The fraction of sp³-hybridized carbons (Fsp3) is 0.567. The predicted molar refractivity (Wildman–Crippen MR) is 149 cm³/mol. The molecule has 1 aromatic rings. The average molecular weight is 522 g/mol. The third-order valence-electron chi connectivity index (χ3n) is 8.29. The highest BCUT2D eigenvalue weighted by Gasteiger charge is 2.38. The number of ether oxygens (including phenoxy) is 1. The van der Waals surface area contributed by atoms with E-state index in [1.54, 1.807) is 13.2 Å². The number of carbonyl (C=O) groups is 2. The first-order valence-electron chi connectivity index (χ1n) is 13.9. The lowest BCUT2D eigenvalue weighted by atomic mass is 9.89. The van der Waals surface area contributed by atoms with Crippen molar-refractivity contribution in [1.29, 1.82) is 0 Å². The molecule has 0 spiro atoms. The van der Waals surface area contributed by atoms with Gasteiger partial charge in [0.15, 0.2) is 0 Å². The molecule has 0 bridgehead atoms. The summed E-state index contributed by atoms with van der Waals surface area (Å²) in [5, 5.41) is 0. The van der Waals surface area contributed by atoms with Crippen LogP contribution < -0.4 is 0 Å². The molecule has 8 nitrogen and oxygen atoms in total. The third kappa shape index (κ3) is 6.53. The molecule has 2 fully saturated rings. The molecule has 0 aromatic carbocycles. The minimum absolute atomic E-state index is 0.0782. The van der Waals surface area contributed by atoms with E-state index in [-0.39, 0.29) is 23.8 Å². The van der Waals surface area contributed by atoms with Crippen LogP contribution in [0.15, 0.2) is 60.7 Å². The number of nitrogens with zero attached hydrogens (tertiary/aromatic N) is 5. The van der Waals surface area contributed by atoms with Crippen LogP contribution in [0.5, 0.6) is 0 Å². The van der Waals surface area contributed by atoms with Gasteiger partial charge in [0.05, 0.1) is 18.8 Å². The number of carbonyl (C=O) groups excluding carboxylic acids is 2. The summed E-state index contributed by atoms with van der Waals surface area (Å²) in [6.07, 6.45) is 12.7. The van der Waals surface area contributed by atoms with Crippen LogP contribution in [0.1, 0.15) is 45.1 Å². The Kier molecular flexibility index (Phi) is 9.74. The molecule has 2 amide bonds. The summed E-state index contributed by atoms with van der Waals surface area (Å²) in [6, 6.07) is 4.58. The van der Waals surface area contributed by atoms with Crippen molar-refractivity contribution < 1.29 is 14.3 Å². The number of hydrogen-bond acceptors (Lipinski definition) is 6. The van der Waals surface area contributed by atoms with Gasteiger partial charge in [-0.1, -0.05) is 18.7 Å². The number of amides is 2. The van der Waals surface area contributed by atoms with Crippen molar-refractivity contribution in [1.82, 2.24) is 24.6 Å². The van der Waals surface area contributed by atoms with E-state index >= 15 is 0 Å². The minimum Gasteiger partial charge on any atom is -0.383 e. The first-order valence-corrected chi connectivity index (χ1v) is 13.9. The normalized spacial score (nSPS) is 24.0. The molecule has 0 N–H and O–H groups in total. The van der Waals surface area contributed by atoms with E-state index in [0.29, 0.717) is 38.8 Å². The minimum atomic E-state index is 0.0782. The topological polar surface area (TPSA) is 69.2 Å². The summed E-state index contributed by atoms with van der Waals surface area (Å²) in [7, 11) is 1.68. The fourth-order valence-electron chi connectivity index (χ4n) is 6.04. The highest BCUT2D eigenvalue weighted by molar-refractivity contribution is 5.83. The maximum absolute atomic E-state index is 13.5. The second-order valence-electron chi connectivity index (χ2n) is 10.7. The third-order valence-corrected chi connectivity index (χ3v) is 8.29. The zero-order chi connectivity index (χ0) is 27.1. The summed E-state index contributed by atoms with van der Waals surface area (Å²) < 4.78 is 5.25. The Hall–Kier alpha value is -2.97. The molecule has 8 heteroatoms.